The highest BCUT2D eigenvalue weighted by molar-refractivity contribution is 6.02. The van der Waals surface area contributed by atoms with Crippen LogP contribution in [-0.4, -0.2) is 51.9 Å². The molecule has 5 aliphatic rings. The maximum absolute atomic E-state index is 13.1. The molecule has 5 fully saturated rings. The maximum atomic E-state index is 13.1. The molecule has 0 spiro atoms. The number of rotatable bonds is 0. The summed E-state index contributed by atoms with van der Waals surface area (Å²) in [6.45, 7) is 8.70. The van der Waals surface area contributed by atoms with Gasteiger partial charge >= 0.3 is 0 Å². The highest BCUT2D eigenvalue weighted by Crippen LogP contribution is 2.91. The van der Waals surface area contributed by atoms with Crippen molar-refractivity contribution in [2.75, 3.05) is 13.1 Å². The molecule has 1 saturated carbocycles. The molecule has 6 nitrogen and oxygen atoms in total. The van der Waals surface area contributed by atoms with Crippen molar-refractivity contribution in [2.24, 2.45) is 21.7 Å². The van der Waals surface area contributed by atoms with Gasteiger partial charge in [-0.1, -0.05) is 13.8 Å². The summed E-state index contributed by atoms with van der Waals surface area (Å²) in [5, 5.41) is 11.3. The van der Waals surface area contributed by atoms with E-state index in [-0.39, 0.29) is 11.8 Å². The van der Waals surface area contributed by atoms with E-state index in [0.717, 1.165) is 0 Å². The molecule has 0 radical (unpaired) electrons. The van der Waals surface area contributed by atoms with E-state index < -0.39 is 33.8 Å². The van der Waals surface area contributed by atoms with Gasteiger partial charge in [0.2, 0.25) is 11.8 Å². The van der Waals surface area contributed by atoms with Crippen LogP contribution in [0.3, 0.4) is 0 Å². The van der Waals surface area contributed by atoms with Crippen LogP contribution < -0.4 is 0 Å². The van der Waals surface area contributed by atoms with Crippen molar-refractivity contribution in [3.05, 3.63) is 0 Å². The zero-order valence-electron chi connectivity index (χ0n) is 12.8. The smallest absolute Gasteiger partial charge is 0.260 e. The third-order valence-electron chi connectivity index (χ3n) is 8.29. The van der Waals surface area contributed by atoms with E-state index in [4.69, 9.17) is 4.74 Å². The molecule has 0 aromatic carbocycles. The number of nitrogens with zero attached hydrogens (tertiary/aromatic N) is 2. The molecule has 2 bridgehead atoms. The summed E-state index contributed by atoms with van der Waals surface area (Å²) >= 11 is 0. The molecule has 0 aromatic heterocycles. The van der Waals surface area contributed by atoms with Gasteiger partial charge < -0.3 is 14.7 Å². The van der Waals surface area contributed by atoms with Crippen molar-refractivity contribution in [3.8, 4) is 0 Å². The second-order valence-corrected chi connectivity index (χ2v) is 7.96. The molecular formula is C15H20N2O4. The molecule has 2 amide bonds. The molecule has 4 saturated heterocycles. The Kier molecular flexibility index (Phi) is 1.55. The minimum atomic E-state index is -1.59. The highest BCUT2D eigenvalue weighted by Gasteiger charge is 3.03. The van der Waals surface area contributed by atoms with Gasteiger partial charge in [-0.3, -0.25) is 14.5 Å². The van der Waals surface area contributed by atoms with E-state index in [0.29, 0.717) is 19.5 Å². The fourth-order valence-electron chi connectivity index (χ4n) is 6.77. The van der Waals surface area contributed by atoms with Crippen LogP contribution in [0, 0.1) is 21.7 Å². The Balaban J connectivity index is 1.95. The molecular weight excluding hydrogens is 272 g/mol. The third kappa shape index (κ3) is 0.649. The lowest BCUT2D eigenvalue weighted by atomic mass is 9.27. The minimum Gasteiger partial charge on any atom is -0.348 e. The second-order valence-electron chi connectivity index (χ2n) is 7.96. The normalized spacial score (nSPS) is 63.2. The Morgan fingerprint density at radius 3 is 2.43 bits per heavy atom. The van der Waals surface area contributed by atoms with E-state index in [2.05, 4.69) is 0 Å². The van der Waals surface area contributed by atoms with Crippen LogP contribution in [0.2, 0.25) is 0 Å². The van der Waals surface area contributed by atoms with Gasteiger partial charge in [-0.15, -0.1) is 0 Å². The summed E-state index contributed by atoms with van der Waals surface area (Å²) in [6.07, 6.45) is 0.242. The summed E-state index contributed by atoms with van der Waals surface area (Å²) in [7, 11) is 0. The summed E-state index contributed by atoms with van der Waals surface area (Å²) in [6, 6.07) is 0. The van der Waals surface area contributed by atoms with Crippen molar-refractivity contribution in [1.82, 2.24) is 9.80 Å². The van der Waals surface area contributed by atoms with Gasteiger partial charge in [0.05, 0.1) is 16.2 Å². The SMILES string of the molecule is C[C@]12C(=O)N3CCCN4C(=O)[C@@]1(C)[C@@]1(C)[C@H]4O[C@@]3(O)[C@@]21C. The highest BCUT2D eigenvalue weighted by atomic mass is 16.7. The molecule has 6 heteroatoms. The number of ether oxygens (including phenoxy) is 1. The van der Waals surface area contributed by atoms with Gasteiger partial charge in [-0.2, -0.15) is 0 Å². The van der Waals surface area contributed by atoms with Crippen LogP contribution in [-0.2, 0) is 14.3 Å². The topological polar surface area (TPSA) is 70.1 Å². The zero-order valence-corrected chi connectivity index (χ0v) is 12.8. The Morgan fingerprint density at radius 1 is 1.10 bits per heavy atom. The molecule has 0 aromatic rings. The lowest BCUT2D eigenvalue weighted by Gasteiger charge is -2.69. The van der Waals surface area contributed by atoms with Gasteiger partial charge in [-0.25, -0.2) is 0 Å². The largest absolute Gasteiger partial charge is 0.348 e. The Labute approximate surface area is 123 Å². The van der Waals surface area contributed by atoms with Gasteiger partial charge in [0.1, 0.15) is 6.23 Å². The maximum Gasteiger partial charge on any atom is 0.260 e. The van der Waals surface area contributed by atoms with Gasteiger partial charge in [-0.05, 0) is 20.3 Å². The first-order valence-corrected chi connectivity index (χ1v) is 7.67. The Hall–Kier alpha value is -1.14. The third-order valence-corrected chi connectivity index (χ3v) is 8.29. The number of amides is 2. The number of carbonyl (C=O) groups is 2. The molecule has 114 valence electrons. The van der Waals surface area contributed by atoms with E-state index in [1.54, 1.807) is 4.90 Å². The standard InChI is InChI=1S/C15H20N2O4/c1-11-8(18)16-6-5-7-17-9(19)12(11,2)14(4)13(11,3)10(16)21-15(14,17)20/h10,20H,5-7H2,1-4H3/t10-,11-,12+,13-,14+,15+/m1/s1. The van der Waals surface area contributed by atoms with Crippen molar-refractivity contribution < 1.29 is 19.4 Å². The zero-order chi connectivity index (χ0) is 15.2. The van der Waals surface area contributed by atoms with Crippen LogP contribution >= 0.6 is 0 Å². The van der Waals surface area contributed by atoms with E-state index in [9.17, 15) is 14.7 Å². The first kappa shape index (κ1) is 12.4. The number of hydrogen-bond acceptors (Lipinski definition) is 4. The molecule has 21 heavy (non-hydrogen) atoms. The average Bonchev–Trinajstić information content (AvgIpc) is 2.76. The Bertz CT molecular complexity index is 652. The first-order chi connectivity index (χ1) is 9.64. The molecule has 0 unspecified atom stereocenters. The number of hydrogen-bond donors (Lipinski definition) is 1. The van der Waals surface area contributed by atoms with E-state index in [1.807, 2.05) is 27.7 Å². The lowest BCUT2D eigenvalue weighted by Crippen LogP contribution is -2.77. The van der Waals surface area contributed by atoms with Crippen LogP contribution in [0.15, 0.2) is 0 Å². The van der Waals surface area contributed by atoms with Gasteiger partial charge in [0.15, 0.2) is 0 Å². The molecule has 4 heterocycles. The fraction of sp³-hybridized carbons (Fsp3) is 0.867. The molecule has 1 N–H and O–H groups in total. The van der Waals surface area contributed by atoms with E-state index >= 15 is 0 Å². The summed E-state index contributed by atoms with van der Waals surface area (Å²) in [5.41, 5.74) is -3.03. The molecule has 1 aliphatic carbocycles. The summed E-state index contributed by atoms with van der Waals surface area (Å²) in [4.78, 5) is 29.4. The van der Waals surface area contributed by atoms with Crippen molar-refractivity contribution in [3.63, 3.8) is 0 Å². The van der Waals surface area contributed by atoms with Crippen LogP contribution in [0.1, 0.15) is 34.1 Å². The minimum absolute atomic E-state index is 0.00845. The Morgan fingerprint density at radius 2 is 1.76 bits per heavy atom. The predicted octanol–water partition coefficient (Wildman–Crippen LogP) is 0.116. The second kappa shape index (κ2) is 2.63. The quantitative estimate of drug-likeness (QED) is 0.688. The van der Waals surface area contributed by atoms with Crippen LogP contribution in [0.25, 0.3) is 0 Å². The number of aliphatic hydroxyl groups is 1. The fourth-order valence-corrected chi connectivity index (χ4v) is 6.77. The molecule has 4 aliphatic heterocycles. The number of carbonyl (C=O) groups excluding carboxylic acids is 2. The summed E-state index contributed by atoms with van der Waals surface area (Å²) in [5.74, 6) is -1.71. The van der Waals surface area contributed by atoms with Crippen molar-refractivity contribution in [1.29, 1.82) is 0 Å². The first-order valence-electron chi connectivity index (χ1n) is 7.67. The van der Waals surface area contributed by atoms with Crippen molar-refractivity contribution in [2.45, 2.75) is 46.3 Å². The van der Waals surface area contributed by atoms with Crippen LogP contribution in [0.4, 0.5) is 0 Å². The average molecular weight is 292 g/mol. The molecule has 6 atom stereocenters. The molecule has 5 rings (SSSR count). The van der Waals surface area contributed by atoms with E-state index in [1.165, 1.54) is 4.90 Å². The number of fused-ring (bicyclic) bond motifs is 1. The van der Waals surface area contributed by atoms with Crippen LogP contribution in [0.5, 0.6) is 0 Å². The van der Waals surface area contributed by atoms with Gasteiger partial charge in [0, 0.05) is 18.5 Å². The van der Waals surface area contributed by atoms with Crippen molar-refractivity contribution >= 4 is 11.8 Å². The monoisotopic (exact) mass is 292 g/mol. The predicted molar refractivity (Wildman–Crippen MR) is 70.3 cm³/mol. The lowest BCUT2D eigenvalue weighted by molar-refractivity contribution is -0.342. The summed E-state index contributed by atoms with van der Waals surface area (Å²) < 4.78 is 6.03. The van der Waals surface area contributed by atoms with Gasteiger partial charge in [0.25, 0.3) is 5.91 Å².